The minimum Gasteiger partial charge on any atom is -0.392 e. The Hall–Kier alpha value is -1.22. The first-order valence-electron chi connectivity index (χ1n) is 4.42. The molecular formula is C11H12F2O. The number of benzene rings is 1. The third kappa shape index (κ3) is 2.64. The third-order valence-corrected chi connectivity index (χ3v) is 1.97. The van der Waals surface area contributed by atoms with Gasteiger partial charge in [0.2, 0.25) is 0 Å². The number of rotatable bonds is 3. The summed E-state index contributed by atoms with van der Waals surface area (Å²) in [6.45, 7) is 1.83. The normalized spacial score (nSPS) is 11.9. The summed E-state index contributed by atoms with van der Waals surface area (Å²) in [7, 11) is 0. The molecule has 0 saturated heterocycles. The van der Waals surface area contributed by atoms with E-state index < -0.39 is 11.6 Å². The van der Waals surface area contributed by atoms with Crippen LogP contribution in [-0.4, -0.2) is 11.7 Å². The van der Waals surface area contributed by atoms with Crippen LogP contribution in [0.25, 0.3) is 6.08 Å². The fraction of sp³-hybridized carbons (Fsp3) is 0.273. The number of aliphatic hydroxyl groups is 1. The van der Waals surface area contributed by atoms with Crippen molar-refractivity contribution in [3.05, 3.63) is 41.0 Å². The summed E-state index contributed by atoms with van der Waals surface area (Å²) >= 11 is 0. The highest BCUT2D eigenvalue weighted by molar-refractivity contribution is 5.52. The number of hydrogen-bond donors (Lipinski definition) is 1. The standard InChI is InChI=1S/C11H12F2O/c1-2-8(7-14)5-9-3-4-10(12)11(13)6-9/h3-6,14H,2,7H2,1H3. The molecule has 0 saturated carbocycles. The zero-order chi connectivity index (χ0) is 10.6. The van der Waals surface area contributed by atoms with E-state index >= 15 is 0 Å². The van der Waals surface area contributed by atoms with E-state index in [1.165, 1.54) is 6.07 Å². The number of aliphatic hydroxyl groups excluding tert-OH is 1. The summed E-state index contributed by atoms with van der Waals surface area (Å²) < 4.78 is 25.3. The molecule has 0 spiro atoms. The number of halogens is 2. The van der Waals surface area contributed by atoms with Gasteiger partial charge in [0.15, 0.2) is 11.6 Å². The van der Waals surface area contributed by atoms with E-state index in [1.807, 2.05) is 6.92 Å². The topological polar surface area (TPSA) is 20.2 Å². The van der Waals surface area contributed by atoms with Crippen molar-refractivity contribution in [2.24, 2.45) is 0 Å². The lowest BCUT2D eigenvalue weighted by molar-refractivity contribution is 0.329. The Morgan fingerprint density at radius 2 is 2.07 bits per heavy atom. The average molecular weight is 198 g/mol. The molecule has 1 rings (SSSR count). The molecule has 0 atom stereocenters. The Bertz CT molecular complexity index is 339. The van der Waals surface area contributed by atoms with Crippen molar-refractivity contribution in [3.63, 3.8) is 0 Å². The van der Waals surface area contributed by atoms with Gasteiger partial charge in [-0.25, -0.2) is 8.78 Å². The number of hydrogen-bond acceptors (Lipinski definition) is 1. The lowest BCUT2D eigenvalue weighted by Gasteiger charge is -2.00. The van der Waals surface area contributed by atoms with Crippen molar-refractivity contribution in [2.45, 2.75) is 13.3 Å². The Labute approximate surface area is 81.7 Å². The Morgan fingerprint density at radius 1 is 1.36 bits per heavy atom. The summed E-state index contributed by atoms with van der Waals surface area (Å²) in [5, 5.41) is 8.88. The largest absolute Gasteiger partial charge is 0.392 e. The maximum absolute atomic E-state index is 12.8. The van der Waals surface area contributed by atoms with Gasteiger partial charge in [-0.2, -0.15) is 0 Å². The summed E-state index contributed by atoms with van der Waals surface area (Å²) in [5.74, 6) is -1.73. The highest BCUT2D eigenvalue weighted by atomic mass is 19.2. The zero-order valence-electron chi connectivity index (χ0n) is 7.93. The van der Waals surface area contributed by atoms with Crippen molar-refractivity contribution in [2.75, 3.05) is 6.61 Å². The molecule has 0 radical (unpaired) electrons. The van der Waals surface area contributed by atoms with E-state index in [2.05, 4.69) is 0 Å². The molecule has 0 bridgehead atoms. The van der Waals surface area contributed by atoms with Gasteiger partial charge in [-0.05, 0) is 29.7 Å². The Balaban J connectivity index is 2.97. The van der Waals surface area contributed by atoms with Crippen LogP contribution < -0.4 is 0 Å². The first-order chi connectivity index (χ1) is 6.67. The summed E-state index contributed by atoms with van der Waals surface area (Å²) in [4.78, 5) is 0. The summed E-state index contributed by atoms with van der Waals surface area (Å²) in [6.07, 6.45) is 2.35. The molecule has 3 heteroatoms. The fourth-order valence-corrected chi connectivity index (χ4v) is 1.10. The van der Waals surface area contributed by atoms with Crippen LogP contribution in [-0.2, 0) is 0 Å². The lowest BCUT2D eigenvalue weighted by Crippen LogP contribution is -1.89. The molecule has 0 unspecified atom stereocenters. The van der Waals surface area contributed by atoms with E-state index in [0.29, 0.717) is 12.0 Å². The van der Waals surface area contributed by atoms with Gasteiger partial charge in [-0.15, -0.1) is 0 Å². The molecule has 1 aromatic carbocycles. The van der Waals surface area contributed by atoms with Gasteiger partial charge in [-0.1, -0.05) is 19.1 Å². The van der Waals surface area contributed by atoms with Gasteiger partial charge in [-0.3, -0.25) is 0 Å². The maximum Gasteiger partial charge on any atom is 0.159 e. The minimum atomic E-state index is -0.868. The molecule has 76 valence electrons. The van der Waals surface area contributed by atoms with Crippen LogP contribution in [0.3, 0.4) is 0 Å². The average Bonchev–Trinajstić information content (AvgIpc) is 2.19. The van der Waals surface area contributed by atoms with Gasteiger partial charge in [0.25, 0.3) is 0 Å². The molecule has 0 aliphatic heterocycles. The summed E-state index contributed by atoms with van der Waals surface area (Å²) in [6, 6.07) is 3.66. The van der Waals surface area contributed by atoms with Crippen LogP contribution in [0.5, 0.6) is 0 Å². The smallest absolute Gasteiger partial charge is 0.159 e. The van der Waals surface area contributed by atoms with Crippen molar-refractivity contribution < 1.29 is 13.9 Å². The molecule has 0 aliphatic rings. The van der Waals surface area contributed by atoms with Crippen molar-refractivity contribution in [1.29, 1.82) is 0 Å². The molecule has 0 aliphatic carbocycles. The predicted octanol–water partition coefficient (Wildman–Crippen LogP) is 2.75. The van der Waals surface area contributed by atoms with Crippen LogP contribution in [0.2, 0.25) is 0 Å². The summed E-state index contributed by atoms with van der Waals surface area (Å²) in [5.41, 5.74) is 1.35. The molecule has 1 N–H and O–H groups in total. The second-order valence-electron chi connectivity index (χ2n) is 2.99. The van der Waals surface area contributed by atoms with Crippen molar-refractivity contribution in [3.8, 4) is 0 Å². The molecule has 0 aromatic heterocycles. The highest BCUT2D eigenvalue weighted by Gasteiger charge is 2.01. The van der Waals surface area contributed by atoms with E-state index in [4.69, 9.17) is 5.11 Å². The second-order valence-corrected chi connectivity index (χ2v) is 2.99. The van der Waals surface area contributed by atoms with Gasteiger partial charge < -0.3 is 5.11 Å². The fourth-order valence-electron chi connectivity index (χ4n) is 1.10. The predicted molar refractivity (Wildman–Crippen MR) is 51.7 cm³/mol. The first kappa shape index (κ1) is 10.9. The van der Waals surface area contributed by atoms with Crippen molar-refractivity contribution >= 4 is 6.08 Å². The molecule has 0 amide bonds. The van der Waals surface area contributed by atoms with Crippen LogP contribution >= 0.6 is 0 Å². The molecule has 1 aromatic rings. The monoisotopic (exact) mass is 198 g/mol. The maximum atomic E-state index is 12.8. The van der Waals surface area contributed by atoms with E-state index in [0.717, 1.165) is 17.7 Å². The first-order valence-corrected chi connectivity index (χ1v) is 4.42. The van der Waals surface area contributed by atoms with Crippen LogP contribution in [0.15, 0.2) is 23.8 Å². The Morgan fingerprint density at radius 3 is 2.57 bits per heavy atom. The molecule has 1 nitrogen and oxygen atoms in total. The van der Waals surface area contributed by atoms with Gasteiger partial charge in [0, 0.05) is 0 Å². The van der Waals surface area contributed by atoms with E-state index in [1.54, 1.807) is 6.08 Å². The van der Waals surface area contributed by atoms with Gasteiger partial charge in [0.1, 0.15) is 0 Å². The zero-order valence-corrected chi connectivity index (χ0v) is 7.93. The van der Waals surface area contributed by atoms with Gasteiger partial charge in [0.05, 0.1) is 6.61 Å². The van der Waals surface area contributed by atoms with E-state index in [9.17, 15) is 8.78 Å². The lowest BCUT2D eigenvalue weighted by atomic mass is 10.1. The third-order valence-electron chi connectivity index (χ3n) is 1.97. The Kier molecular flexibility index (Phi) is 3.77. The van der Waals surface area contributed by atoms with Crippen LogP contribution in [0.1, 0.15) is 18.9 Å². The van der Waals surface area contributed by atoms with Crippen molar-refractivity contribution in [1.82, 2.24) is 0 Å². The minimum absolute atomic E-state index is 0.0600. The second kappa shape index (κ2) is 4.86. The highest BCUT2D eigenvalue weighted by Crippen LogP contribution is 2.13. The molecule has 0 fully saturated rings. The molecule has 14 heavy (non-hydrogen) atoms. The molecule has 0 heterocycles. The quantitative estimate of drug-likeness (QED) is 0.791. The molecular weight excluding hydrogens is 186 g/mol. The van der Waals surface area contributed by atoms with Crippen LogP contribution in [0, 0.1) is 11.6 Å². The van der Waals surface area contributed by atoms with Gasteiger partial charge >= 0.3 is 0 Å². The van der Waals surface area contributed by atoms with Crippen LogP contribution in [0.4, 0.5) is 8.78 Å². The van der Waals surface area contributed by atoms with E-state index in [-0.39, 0.29) is 6.61 Å². The SMILES string of the molecule is CCC(=Cc1ccc(F)c(F)c1)CO.